The van der Waals surface area contributed by atoms with Gasteiger partial charge in [0.15, 0.2) is 0 Å². The van der Waals surface area contributed by atoms with Crippen LogP contribution in [-0.4, -0.2) is 66.7 Å². The molecule has 2 N–H and O–H groups in total. The summed E-state index contributed by atoms with van der Waals surface area (Å²) in [5.74, 6) is 0.174. The van der Waals surface area contributed by atoms with Crippen LogP contribution in [0, 0.1) is 0 Å². The number of hydrogen-bond donors (Lipinski definition) is 1. The van der Waals surface area contributed by atoms with Gasteiger partial charge in [-0.3, -0.25) is 9.69 Å². The van der Waals surface area contributed by atoms with Gasteiger partial charge in [-0.15, -0.1) is 24.8 Å². The molecule has 2 rings (SSSR count). The number of ether oxygens (including phenoxy) is 1. The average Bonchev–Trinajstić information content (AvgIpc) is 2.86. The topological polar surface area (TPSA) is 58.8 Å². The molecule has 1 aliphatic carbocycles. The first-order chi connectivity index (χ1) is 9.51. The second kappa shape index (κ2) is 9.93. The van der Waals surface area contributed by atoms with E-state index in [1.807, 2.05) is 4.90 Å². The van der Waals surface area contributed by atoms with E-state index >= 15 is 0 Å². The van der Waals surface area contributed by atoms with Gasteiger partial charge >= 0.3 is 0 Å². The normalized spacial score (nSPS) is 21.4. The van der Waals surface area contributed by atoms with Gasteiger partial charge < -0.3 is 15.4 Å². The smallest absolute Gasteiger partial charge is 0.242 e. The van der Waals surface area contributed by atoms with Crippen LogP contribution in [0.3, 0.4) is 0 Å². The molecule has 1 aliphatic heterocycles. The highest BCUT2D eigenvalue weighted by molar-refractivity contribution is 5.86. The van der Waals surface area contributed by atoms with Crippen LogP contribution >= 0.6 is 24.8 Å². The molecule has 7 heteroatoms. The minimum Gasteiger partial charge on any atom is -0.377 e. The summed E-state index contributed by atoms with van der Waals surface area (Å²) in [5.41, 5.74) is 5.69. The first-order valence-electron chi connectivity index (χ1n) is 7.93. The highest BCUT2D eigenvalue weighted by atomic mass is 35.5. The summed E-state index contributed by atoms with van der Waals surface area (Å²) >= 11 is 0. The van der Waals surface area contributed by atoms with Crippen molar-refractivity contribution in [2.75, 3.05) is 39.3 Å². The predicted molar refractivity (Wildman–Crippen MR) is 94.0 cm³/mol. The molecule has 0 unspecified atom stereocenters. The van der Waals surface area contributed by atoms with Crippen molar-refractivity contribution in [3.05, 3.63) is 0 Å². The number of carbonyl (C=O) groups is 1. The average molecular weight is 356 g/mol. The summed E-state index contributed by atoms with van der Waals surface area (Å²) in [6.45, 7) is 9.31. The molecule has 1 amide bonds. The summed E-state index contributed by atoms with van der Waals surface area (Å²) in [7, 11) is 0. The van der Waals surface area contributed by atoms with E-state index in [-0.39, 0.29) is 36.8 Å². The van der Waals surface area contributed by atoms with E-state index in [1.165, 1.54) is 0 Å². The maximum Gasteiger partial charge on any atom is 0.242 e. The van der Waals surface area contributed by atoms with Crippen LogP contribution < -0.4 is 5.73 Å². The molecule has 0 aromatic carbocycles. The van der Waals surface area contributed by atoms with E-state index in [1.54, 1.807) is 0 Å². The molecule has 2 aliphatic rings. The number of halogens is 2. The third-order valence-corrected chi connectivity index (χ3v) is 4.44. The summed E-state index contributed by atoms with van der Waals surface area (Å²) in [6, 6.07) is 0. The summed E-state index contributed by atoms with van der Waals surface area (Å²) in [6.07, 6.45) is 4.18. The van der Waals surface area contributed by atoms with Gasteiger partial charge in [0.25, 0.3) is 0 Å². The second-order valence-corrected chi connectivity index (χ2v) is 6.42. The Morgan fingerprint density at radius 3 is 2.18 bits per heavy atom. The standard InChI is InChI=1S/C15H29N3O2.2ClH/c1-13(2)20-12-11-17-7-9-18(10-8-17)14(19)15(16)5-3-4-6-15;;/h13H,3-12,16H2,1-2H3;2*1H. The molecular formula is C15H31Cl2N3O2. The Hall–Kier alpha value is -0.0700. The van der Waals surface area contributed by atoms with E-state index in [2.05, 4.69) is 18.7 Å². The Bertz CT molecular complexity index is 329. The quantitative estimate of drug-likeness (QED) is 0.814. The molecule has 1 heterocycles. The molecule has 0 aromatic rings. The molecule has 132 valence electrons. The lowest BCUT2D eigenvalue weighted by Gasteiger charge is -2.38. The van der Waals surface area contributed by atoms with Crippen molar-refractivity contribution in [1.82, 2.24) is 9.80 Å². The molecule has 2 fully saturated rings. The fourth-order valence-electron chi connectivity index (χ4n) is 3.13. The Balaban J connectivity index is 0.00000220. The maximum atomic E-state index is 12.5. The third kappa shape index (κ3) is 5.85. The van der Waals surface area contributed by atoms with Crippen molar-refractivity contribution < 1.29 is 9.53 Å². The highest BCUT2D eigenvalue weighted by Gasteiger charge is 2.40. The van der Waals surface area contributed by atoms with Gasteiger partial charge in [-0.1, -0.05) is 12.8 Å². The van der Waals surface area contributed by atoms with E-state index in [9.17, 15) is 4.79 Å². The molecule has 1 saturated heterocycles. The van der Waals surface area contributed by atoms with Gasteiger partial charge in [0.05, 0.1) is 18.2 Å². The van der Waals surface area contributed by atoms with Crippen molar-refractivity contribution in [1.29, 1.82) is 0 Å². The second-order valence-electron chi connectivity index (χ2n) is 6.42. The van der Waals surface area contributed by atoms with Crippen LogP contribution in [0.4, 0.5) is 0 Å². The molecule has 0 radical (unpaired) electrons. The fourth-order valence-corrected chi connectivity index (χ4v) is 3.13. The zero-order valence-corrected chi connectivity index (χ0v) is 15.4. The zero-order chi connectivity index (χ0) is 14.6. The molecule has 0 spiro atoms. The van der Waals surface area contributed by atoms with Crippen molar-refractivity contribution in [3.63, 3.8) is 0 Å². The van der Waals surface area contributed by atoms with Crippen LogP contribution in [0.15, 0.2) is 0 Å². The van der Waals surface area contributed by atoms with Gasteiger partial charge in [0.1, 0.15) is 0 Å². The number of amides is 1. The lowest BCUT2D eigenvalue weighted by atomic mass is 9.97. The SMILES string of the molecule is CC(C)OCCN1CCN(C(=O)C2(N)CCCC2)CC1.Cl.Cl. The highest BCUT2D eigenvalue weighted by Crippen LogP contribution is 2.29. The van der Waals surface area contributed by atoms with E-state index in [0.29, 0.717) is 0 Å². The van der Waals surface area contributed by atoms with Gasteiger partial charge in [-0.25, -0.2) is 0 Å². The number of nitrogens with zero attached hydrogens (tertiary/aromatic N) is 2. The molecular weight excluding hydrogens is 325 g/mol. The Kier molecular flexibility index (Phi) is 9.90. The molecule has 22 heavy (non-hydrogen) atoms. The van der Waals surface area contributed by atoms with Crippen LogP contribution in [0.5, 0.6) is 0 Å². The lowest BCUT2D eigenvalue weighted by Crippen LogP contribution is -2.58. The zero-order valence-electron chi connectivity index (χ0n) is 13.8. The van der Waals surface area contributed by atoms with E-state index < -0.39 is 5.54 Å². The molecule has 1 saturated carbocycles. The summed E-state index contributed by atoms with van der Waals surface area (Å²) < 4.78 is 5.57. The molecule has 0 bridgehead atoms. The third-order valence-electron chi connectivity index (χ3n) is 4.44. The number of carbonyl (C=O) groups excluding carboxylic acids is 1. The van der Waals surface area contributed by atoms with Crippen LogP contribution in [0.25, 0.3) is 0 Å². The van der Waals surface area contributed by atoms with Crippen LogP contribution in [0.1, 0.15) is 39.5 Å². The van der Waals surface area contributed by atoms with Crippen molar-refractivity contribution in [2.45, 2.75) is 51.2 Å². The van der Waals surface area contributed by atoms with Crippen molar-refractivity contribution in [2.24, 2.45) is 5.73 Å². The number of hydrogen-bond acceptors (Lipinski definition) is 4. The molecule has 0 aromatic heterocycles. The van der Waals surface area contributed by atoms with Gasteiger partial charge in [-0.2, -0.15) is 0 Å². The largest absolute Gasteiger partial charge is 0.377 e. The van der Waals surface area contributed by atoms with Crippen LogP contribution in [0.2, 0.25) is 0 Å². The van der Waals surface area contributed by atoms with Crippen molar-refractivity contribution in [3.8, 4) is 0 Å². The Morgan fingerprint density at radius 1 is 1.14 bits per heavy atom. The van der Waals surface area contributed by atoms with Crippen LogP contribution in [-0.2, 0) is 9.53 Å². The molecule has 5 nitrogen and oxygen atoms in total. The van der Waals surface area contributed by atoms with Gasteiger partial charge in [0, 0.05) is 32.7 Å². The maximum absolute atomic E-state index is 12.5. The lowest BCUT2D eigenvalue weighted by molar-refractivity contribution is -0.138. The first kappa shape index (κ1) is 21.9. The minimum absolute atomic E-state index is 0. The van der Waals surface area contributed by atoms with Gasteiger partial charge in [0.2, 0.25) is 5.91 Å². The monoisotopic (exact) mass is 355 g/mol. The Morgan fingerprint density at radius 2 is 1.68 bits per heavy atom. The summed E-state index contributed by atoms with van der Waals surface area (Å²) in [5, 5.41) is 0. The molecule has 0 atom stereocenters. The minimum atomic E-state index is -0.567. The first-order valence-corrected chi connectivity index (χ1v) is 7.93. The van der Waals surface area contributed by atoms with E-state index in [4.69, 9.17) is 10.5 Å². The Labute approximate surface area is 146 Å². The number of rotatable bonds is 5. The van der Waals surface area contributed by atoms with Crippen molar-refractivity contribution >= 4 is 30.7 Å². The van der Waals surface area contributed by atoms with Gasteiger partial charge in [-0.05, 0) is 26.7 Å². The number of nitrogens with two attached hydrogens (primary N) is 1. The fraction of sp³-hybridized carbons (Fsp3) is 0.933. The van der Waals surface area contributed by atoms with E-state index in [0.717, 1.165) is 65.0 Å². The predicted octanol–water partition coefficient (Wildman–Crippen LogP) is 1.67. The number of piperazine rings is 1. The summed E-state index contributed by atoms with van der Waals surface area (Å²) in [4.78, 5) is 16.8.